The number of carbonyl (C=O) groups is 1. The molecule has 0 radical (unpaired) electrons. The van der Waals surface area contributed by atoms with Crippen LogP contribution >= 0.6 is 11.8 Å². The maximum absolute atomic E-state index is 12.8. The molecule has 3 aromatic carbocycles. The van der Waals surface area contributed by atoms with Crippen LogP contribution in [0, 0.1) is 6.92 Å². The lowest BCUT2D eigenvalue weighted by Crippen LogP contribution is -2.30. The fourth-order valence-corrected chi connectivity index (χ4v) is 4.00. The Kier molecular flexibility index (Phi) is 5.44. The molecule has 1 N–H and O–H groups in total. The van der Waals surface area contributed by atoms with Gasteiger partial charge in [0.25, 0.3) is 5.56 Å². The van der Waals surface area contributed by atoms with E-state index < -0.39 is 0 Å². The third kappa shape index (κ3) is 4.22. The Morgan fingerprint density at radius 3 is 2.48 bits per heavy atom. The van der Waals surface area contributed by atoms with Crippen LogP contribution in [0.5, 0.6) is 0 Å². The van der Waals surface area contributed by atoms with Gasteiger partial charge in [-0.2, -0.15) is 0 Å². The zero-order chi connectivity index (χ0) is 20.2. The van der Waals surface area contributed by atoms with Gasteiger partial charge in [0.2, 0.25) is 5.91 Å². The van der Waals surface area contributed by atoms with E-state index >= 15 is 0 Å². The number of nitrogens with zero attached hydrogens (tertiary/aromatic N) is 2. The zero-order valence-corrected chi connectivity index (χ0v) is 16.6. The monoisotopic (exact) mass is 401 g/mol. The lowest BCUT2D eigenvalue weighted by Gasteiger charge is -2.13. The van der Waals surface area contributed by atoms with Crippen LogP contribution in [0.1, 0.15) is 5.82 Å². The number of anilines is 1. The van der Waals surface area contributed by atoms with Crippen molar-refractivity contribution in [3.05, 3.63) is 95.0 Å². The molecule has 4 aromatic rings. The number of amides is 1. The molecule has 0 aliphatic heterocycles. The molecule has 0 saturated carbocycles. The van der Waals surface area contributed by atoms with E-state index in [0.29, 0.717) is 22.4 Å². The van der Waals surface area contributed by atoms with Gasteiger partial charge in [-0.15, -0.1) is 0 Å². The first-order chi connectivity index (χ1) is 14.1. The molecule has 5 nitrogen and oxygen atoms in total. The quantitative estimate of drug-likeness (QED) is 0.535. The molecule has 0 aliphatic carbocycles. The molecule has 0 spiro atoms. The lowest BCUT2D eigenvalue weighted by atomic mass is 10.2. The molecule has 0 fully saturated rings. The number of hydrogen-bond donors (Lipinski definition) is 1. The summed E-state index contributed by atoms with van der Waals surface area (Å²) in [6.45, 7) is 1.65. The van der Waals surface area contributed by atoms with Crippen molar-refractivity contribution in [1.82, 2.24) is 9.55 Å². The van der Waals surface area contributed by atoms with Crippen molar-refractivity contribution in [3.63, 3.8) is 0 Å². The molecule has 1 amide bonds. The van der Waals surface area contributed by atoms with Crippen molar-refractivity contribution in [2.24, 2.45) is 0 Å². The van der Waals surface area contributed by atoms with E-state index in [0.717, 1.165) is 9.79 Å². The second-order valence-corrected chi connectivity index (χ2v) is 7.64. The third-order valence-corrected chi connectivity index (χ3v) is 5.57. The number of benzene rings is 3. The maximum Gasteiger partial charge on any atom is 0.261 e. The first kappa shape index (κ1) is 19.0. The minimum absolute atomic E-state index is 0.0904. The Hall–Kier alpha value is -3.38. The van der Waals surface area contributed by atoms with Crippen molar-refractivity contribution in [2.75, 3.05) is 5.32 Å². The summed E-state index contributed by atoms with van der Waals surface area (Å²) in [6.07, 6.45) is 0. The number of aryl methyl sites for hydroxylation is 1. The Labute approximate surface area is 172 Å². The molecule has 0 bridgehead atoms. The second-order valence-electron chi connectivity index (χ2n) is 6.53. The molecule has 0 unspecified atom stereocenters. The molecule has 0 atom stereocenters. The van der Waals surface area contributed by atoms with Crippen LogP contribution in [0.2, 0.25) is 0 Å². The summed E-state index contributed by atoms with van der Waals surface area (Å²) in [5.41, 5.74) is 1.14. The van der Waals surface area contributed by atoms with Gasteiger partial charge in [0.15, 0.2) is 0 Å². The SMILES string of the molecule is Cc1nc2ccccc2c(=O)n1CC(=O)Nc1ccccc1Sc1ccccc1. The van der Waals surface area contributed by atoms with E-state index in [1.807, 2.05) is 60.7 Å². The summed E-state index contributed by atoms with van der Waals surface area (Å²) in [5, 5.41) is 3.44. The smallest absolute Gasteiger partial charge is 0.261 e. The standard InChI is InChI=1S/C23H19N3O2S/c1-16-24-19-12-6-5-11-18(19)23(28)26(16)15-22(27)25-20-13-7-8-14-21(20)29-17-9-3-2-4-10-17/h2-14H,15H2,1H3,(H,25,27). The summed E-state index contributed by atoms with van der Waals surface area (Å²) >= 11 is 1.58. The van der Waals surface area contributed by atoms with Crippen LogP contribution in [0.3, 0.4) is 0 Å². The number of carbonyl (C=O) groups excluding carboxylic acids is 1. The second kappa shape index (κ2) is 8.32. The predicted molar refractivity (Wildman–Crippen MR) is 116 cm³/mol. The summed E-state index contributed by atoms with van der Waals surface area (Å²) in [4.78, 5) is 32.0. The number of aromatic nitrogens is 2. The summed E-state index contributed by atoms with van der Waals surface area (Å²) in [5.74, 6) is 0.240. The highest BCUT2D eigenvalue weighted by Crippen LogP contribution is 2.33. The average molecular weight is 401 g/mol. The fraction of sp³-hybridized carbons (Fsp3) is 0.0870. The highest BCUT2D eigenvalue weighted by Gasteiger charge is 2.13. The number of fused-ring (bicyclic) bond motifs is 1. The van der Waals surface area contributed by atoms with Crippen molar-refractivity contribution in [3.8, 4) is 0 Å². The number of rotatable bonds is 5. The van der Waals surface area contributed by atoms with Gasteiger partial charge in [0.1, 0.15) is 12.4 Å². The largest absolute Gasteiger partial charge is 0.323 e. The average Bonchev–Trinajstić information content (AvgIpc) is 2.73. The van der Waals surface area contributed by atoms with Crippen molar-refractivity contribution >= 4 is 34.3 Å². The Bertz CT molecular complexity index is 1240. The van der Waals surface area contributed by atoms with Crippen LogP contribution in [-0.2, 0) is 11.3 Å². The van der Waals surface area contributed by atoms with Crippen LogP contribution in [0.4, 0.5) is 5.69 Å². The Balaban J connectivity index is 1.57. The molecular formula is C23H19N3O2S. The topological polar surface area (TPSA) is 64.0 Å². The van der Waals surface area contributed by atoms with Crippen molar-refractivity contribution < 1.29 is 4.79 Å². The third-order valence-electron chi connectivity index (χ3n) is 4.49. The molecule has 144 valence electrons. The van der Waals surface area contributed by atoms with E-state index in [-0.39, 0.29) is 18.0 Å². The molecule has 1 heterocycles. The zero-order valence-electron chi connectivity index (χ0n) is 15.8. The minimum atomic E-state index is -0.270. The van der Waals surface area contributed by atoms with Crippen LogP contribution in [0.15, 0.2) is 93.4 Å². The van der Waals surface area contributed by atoms with E-state index in [1.165, 1.54) is 4.57 Å². The summed E-state index contributed by atoms with van der Waals surface area (Å²) in [6, 6.07) is 24.7. The van der Waals surface area contributed by atoms with Gasteiger partial charge in [0.05, 0.1) is 16.6 Å². The van der Waals surface area contributed by atoms with Crippen LogP contribution in [-0.4, -0.2) is 15.5 Å². The molecule has 1 aromatic heterocycles. The molecule has 0 saturated heterocycles. The van der Waals surface area contributed by atoms with Crippen molar-refractivity contribution in [1.29, 1.82) is 0 Å². The minimum Gasteiger partial charge on any atom is -0.323 e. The van der Waals surface area contributed by atoms with E-state index in [2.05, 4.69) is 10.3 Å². The molecule has 0 aliphatic rings. The van der Waals surface area contributed by atoms with Crippen LogP contribution in [0.25, 0.3) is 10.9 Å². The van der Waals surface area contributed by atoms with Crippen LogP contribution < -0.4 is 10.9 Å². The number of nitrogens with one attached hydrogen (secondary N) is 1. The highest BCUT2D eigenvalue weighted by atomic mass is 32.2. The van der Waals surface area contributed by atoms with Crippen molar-refractivity contribution in [2.45, 2.75) is 23.3 Å². The first-order valence-corrected chi connectivity index (χ1v) is 10.0. The van der Waals surface area contributed by atoms with E-state index in [4.69, 9.17) is 0 Å². The maximum atomic E-state index is 12.8. The normalized spacial score (nSPS) is 10.8. The van der Waals surface area contributed by atoms with Gasteiger partial charge in [-0.3, -0.25) is 14.2 Å². The van der Waals surface area contributed by atoms with Gasteiger partial charge < -0.3 is 5.32 Å². The molecule has 6 heteroatoms. The summed E-state index contributed by atoms with van der Waals surface area (Å²) < 4.78 is 1.41. The fourth-order valence-electron chi connectivity index (χ4n) is 3.07. The first-order valence-electron chi connectivity index (χ1n) is 9.20. The lowest BCUT2D eigenvalue weighted by molar-refractivity contribution is -0.116. The van der Waals surface area contributed by atoms with Gasteiger partial charge in [-0.1, -0.05) is 54.2 Å². The molecular weight excluding hydrogens is 382 g/mol. The molecule has 29 heavy (non-hydrogen) atoms. The van der Waals surface area contributed by atoms with Gasteiger partial charge in [-0.05, 0) is 43.3 Å². The Morgan fingerprint density at radius 2 is 1.66 bits per heavy atom. The highest BCUT2D eigenvalue weighted by molar-refractivity contribution is 7.99. The Morgan fingerprint density at radius 1 is 0.966 bits per heavy atom. The molecule has 4 rings (SSSR count). The van der Waals surface area contributed by atoms with Gasteiger partial charge >= 0.3 is 0 Å². The summed E-state index contributed by atoms with van der Waals surface area (Å²) in [7, 11) is 0. The predicted octanol–water partition coefficient (Wildman–Crippen LogP) is 4.49. The van der Waals surface area contributed by atoms with E-state index in [1.54, 1.807) is 36.9 Å². The number of hydrogen-bond acceptors (Lipinski definition) is 4. The van der Waals surface area contributed by atoms with Gasteiger partial charge in [0, 0.05) is 9.79 Å². The van der Waals surface area contributed by atoms with Gasteiger partial charge in [-0.25, -0.2) is 4.98 Å². The number of para-hydroxylation sites is 2. The van der Waals surface area contributed by atoms with E-state index in [9.17, 15) is 9.59 Å².